The van der Waals surface area contributed by atoms with Crippen molar-refractivity contribution in [1.82, 2.24) is 15.1 Å². The van der Waals surface area contributed by atoms with Crippen LogP contribution >= 0.6 is 0 Å². The summed E-state index contributed by atoms with van der Waals surface area (Å²) in [5, 5.41) is 8.83. The fourth-order valence-corrected chi connectivity index (χ4v) is 3.07. The lowest BCUT2D eigenvalue weighted by molar-refractivity contribution is -0.140. The van der Waals surface area contributed by atoms with Crippen molar-refractivity contribution >= 4 is 11.7 Å². The van der Waals surface area contributed by atoms with E-state index in [2.05, 4.69) is 48.0 Å². The lowest BCUT2D eigenvalue weighted by Crippen LogP contribution is -2.51. The fourth-order valence-electron chi connectivity index (χ4n) is 3.07. The summed E-state index contributed by atoms with van der Waals surface area (Å²) in [4.78, 5) is 16.7. The Morgan fingerprint density at radius 2 is 1.83 bits per heavy atom. The zero-order chi connectivity index (χ0) is 18.1. The normalized spacial score (nSPS) is 19.3. The maximum absolute atomic E-state index is 12.5. The van der Waals surface area contributed by atoms with Crippen molar-refractivity contribution in [3.63, 3.8) is 0 Å². The molecular formula is C19H32N4O. The van der Waals surface area contributed by atoms with Crippen LogP contribution in [0.2, 0.25) is 0 Å². The monoisotopic (exact) mass is 332 g/mol. The van der Waals surface area contributed by atoms with E-state index in [9.17, 15) is 4.79 Å². The van der Waals surface area contributed by atoms with Gasteiger partial charge < -0.3 is 9.80 Å². The topological polar surface area (TPSA) is 49.3 Å². The lowest BCUT2D eigenvalue weighted by Gasteiger charge is -2.40. The van der Waals surface area contributed by atoms with E-state index >= 15 is 0 Å². The van der Waals surface area contributed by atoms with Crippen molar-refractivity contribution < 1.29 is 4.79 Å². The van der Waals surface area contributed by atoms with Gasteiger partial charge in [-0.2, -0.15) is 5.10 Å². The average Bonchev–Trinajstić information content (AvgIpc) is 2.52. The van der Waals surface area contributed by atoms with Gasteiger partial charge in [-0.25, -0.2) is 0 Å². The van der Waals surface area contributed by atoms with Gasteiger partial charge in [-0.3, -0.25) is 4.79 Å². The Morgan fingerprint density at radius 3 is 2.33 bits per heavy atom. The van der Waals surface area contributed by atoms with Crippen LogP contribution < -0.4 is 4.90 Å². The van der Waals surface area contributed by atoms with Gasteiger partial charge in [0.25, 0.3) is 0 Å². The van der Waals surface area contributed by atoms with Gasteiger partial charge in [0.2, 0.25) is 5.91 Å². The second-order valence-electron chi connectivity index (χ2n) is 8.93. The van der Waals surface area contributed by atoms with Crippen LogP contribution in [0, 0.1) is 5.41 Å². The Hall–Kier alpha value is -1.65. The van der Waals surface area contributed by atoms with Crippen LogP contribution in [0.3, 0.4) is 0 Å². The smallest absolute Gasteiger partial charge is 0.227 e. The highest BCUT2D eigenvalue weighted by Gasteiger charge is 2.32. The highest BCUT2D eigenvalue weighted by Crippen LogP contribution is 2.25. The maximum Gasteiger partial charge on any atom is 0.227 e. The predicted molar refractivity (Wildman–Crippen MR) is 98.2 cm³/mol. The molecule has 0 radical (unpaired) electrons. The van der Waals surface area contributed by atoms with E-state index in [-0.39, 0.29) is 22.8 Å². The Bertz CT molecular complexity index is 569. The van der Waals surface area contributed by atoms with Crippen molar-refractivity contribution in [2.75, 3.05) is 25.0 Å². The zero-order valence-electron chi connectivity index (χ0n) is 16.3. The van der Waals surface area contributed by atoms with Crippen molar-refractivity contribution in [3.05, 3.63) is 17.8 Å². The largest absolute Gasteiger partial charge is 0.353 e. The first-order valence-electron chi connectivity index (χ1n) is 8.86. The number of hydrogen-bond acceptors (Lipinski definition) is 4. The summed E-state index contributed by atoms with van der Waals surface area (Å²) in [7, 11) is 1.93. The van der Waals surface area contributed by atoms with Crippen LogP contribution in [0.25, 0.3) is 0 Å². The Kier molecular flexibility index (Phi) is 5.21. The average molecular weight is 332 g/mol. The van der Waals surface area contributed by atoms with Crippen molar-refractivity contribution in [3.8, 4) is 0 Å². The van der Waals surface area contributed by atoms with Gasteiger partial charge in [0.1, 0.15) is 0 Å². The van der Waals surface area contributed by atoms with Crippen molar-refractivity contribution in [1.29, 1.82) is 0 Å². The van der Waals surface area contributed by atoms with Gasteiger partial charge in [0.15, 0.2) is 5.82 Å². The van der Waals surface area contributed by atoms with Gasteiger partial charge in [-0.1, -0.05) is 41.5 Å². The van der Waals surface area contributed by atoms with Crippen LogP contribution in [-0.4, -0.2) is 47.2 Å². The molecule has 0 bridgehead atoms. The van der Waals surface area contributed by atoms with Gasteiger partial charge in [0.05, 0.1) is 5.69 Å². The maximum atomic E-state index is 12.5. The van der Waals surface area contributed by atoms with Crippen LogP contribution in [0.15, 0.2) is 12.1 Å². The molecule has 5 heteroatoms. The quantitative estimate of drug-likeness (QED) is 0.834. The third kappa shape index (κ3) is 4.25. The molecule has 134 valence electrons. The summed E-state index contributed by atoms with van der Waals surface area (Å²) in [6.07, 6.45) is 2.11. The molecule has 1 atom stereocenters. The number of hydrogen-bond donors (Lipinski definition) is 0. The van der Waals surface area contributed by atoms with E-state index in [4.69, 9.17) is 0 Å². The molecule has 2 heterocycles. The third-order valence-electron chi connectivity index (χ3n) is 4.65. The highest BCUT2D eigenvalue weighted by molar-refractivity contribution is 5.81. The fraction of sp³-hybridized carbons (Fsp3) is 0.737. The summed E-state index contributed by atoms with van der Waals surface area (Å²) >= 11 is 0. The van der Waals surface area contributed by atoms with E-state index in [1.165, 1.54) is 0 Å². The molecule has 1 saturated heterocycles. The molecule has 1 aliphatic rings. The van der Waals surface area contributed by atoms with Crippen LogP contribution in [0.1, 0.15) is 60.1 Å². The highest BCUT2D eigenvalue weighted by atomic mass is 16.2. The molecule has 1 fully saturated rings. The number of anilines is 1. The van der Waals surface area contributed by atoms with Crippen LogP contribution in [0.5, 0.6) is 0 Å². The Morgan fingerprint density at radius 1 is 1.17 bits per heavy atom. The summed E-state index contributed by atoms with van der Waals surface area (Å²) < 4.78 is 0. The summed E-state index contributed by atoms with van der Waals surface area (Å²) in [5.41, 5.74) is 0.667. The second kappa shape index (κ2) is 6.69. The number of amides is 1. The van der Waals surface area contributed by atoms with E-state index in [0.29, 0.717) is 0 Å². The van der Waals surface area contributed by atoms with Crippen molar-refractivity contribution in [2.24, 2.45) is 5.41 Å². The Labute approximate surface area is 146 Å². The van der Waals surface area contributed by atoms with Crippen LogP contribution in [0.4, 0.5) is 5.82 Å². The van der Waals surface area contributed by atoms with Gasteiger partial charge >= 0.3 is 0 Å². The molecule has 1 amide bonds. The predicted octanol–water partition coefficient (Wildman–Crippen LogP) is 3.25. The molecule has 0 aromatic carbocycles. The van der Waals surface area contributed by atoms with E-state index in [1.807, 2.05) is 32.7 Å². The molecule has 0 spiro atoms. The van der Waals surface area contributed by atoms with Crippen LogP contribution in [-0.2, 0) is 10.2 Å². The third-order valence-corrected chi connectivity index (χ3v) is 4.65. The molecule has 1 aliphatic heterocycles. The van der Waals surface area contributed by atoms with Crippen molar-refractivity contribution in [2.45, 2.75) is 65.8 Å². The molecule has 24 heavy (non-hydrogen) atoms. The van der Waals surface area contributed by atoms with E-state index < -0.39 is 0 Å². The number of carbonyl (C=O) groups is 1. The first kappa shape index (κ1) is 18.7. The SMILES string of the molecule is CN(C(=O)C(C)(C)C)C1CCCN(c2ccc(C(C)(C)C)nn2)C1. The number of rotatable bonds is 2. The van der Waals surface area contributed by atoms with E-state index in [0.717, 1.165) is 37.4 Å². The zero-order valence-corrected chi connectivity index (χ0v) is 16.3. The molecule has 0 N–H and O–H groups in total. The van der Waals surface area contributed by atoms with Gasteiger partial charge in [0, 0.05) is 37.0 Å². The molecule has 1 unspecified atom stereocenters. The number of likely N-dealkylation sites (N-methyl/N-ethyl adjacent to an activating group) is 1. The molecule has 5 nitrogen and oxygen atoms in total. The lowest BCUT2D eigenvalue weighted by atomic mass is 9.92. The number of carbonyl (C=O) groups excluding carboxylic acids is 1. The first-order valence-corrected chi connectivity index (χ1v) is 8.86. The summed E-state index contributed by atoms with van der Waals surface area (Å²) in [6.45, 7) is 14.1. The molecule has 0 saturated carbocycles. The molecule has 0 aliphatic carbocycles. The summed E-state index contributed by atoms with van der Waals surface area (Å²) in [6, 6.07) is 4.35. The molecule has 2 rings (SSSR count). The standard InChI is InChI=1S/C19H32N4O/c1-18(2,3)15-10-11-16(21-20-15)23-12-8-9-14(13-23)22(7)17(24)19(4,5)6/h10-11,14H,8-9,12-13H2,1-7H3. The second-order valence-corrected chi connectivity index (χ2v) is 8.93. The first-order chi connectivity index (χ1) is 11.0. The minimum Gasteiger partial charge on any atom is -0.353 e. The molecular weight excluding hydrogens is 300 g/mol. The molecule has 1 aromatic rings. The van der Waals surface area contributed by atoms with E-state index in [1.54, 1.807) is 0 Å². The minimum atomic E-state index is -0.342. The van der Waals surface area contributed by atoms with Gasteiger partial charge in [-0.15, -0.1) is 5.10 Å². The minimum absolute atomic E-state index is 0.00924. The Balaban J connectivity index is 2.09. The number of aromatic nitrogens is 2. The molecule has 1 aromatic heterocycles. The number of nitrogens with zero attached hydrogens (tertiary/aromatic N) is 4. The van der Waals surface area contributed by atoms with Gasteiger partial charge in [-0.05, 0) is 25.0 Å². The summed E-state index contributed by atoms with van der Waals surface area (Å²) in [5.74, 6) is 1.10. The number of piperidine rings is 1.